The monoisotopic (exact) mass is 172 g/mol. The molecule has 12 heavy (non-hydrogen) atoms. The molecule has 0 aliphatic carbocycles. The van der Waals surface area contributed by atoms with Gasteiger partial charge in [-0.15, -0.1) is 0 Å². The second-order valence-electron chi connectivity index (χ2n) is 4.58. The average Bonchev–Trinajstić information content (AvgIpc) is 1.84. The Labute approximate surface area is 77.3 Å². The largest absolute Gasteiger partial charge is 0.316 e. The molecule has 2 heteroatoms. The van der Waals surface area contributed by atoms with E-state index in [4.69, 9.17) is 0 Å². The third-order valence-corrected chi connectivity index (χ3v) is 1.77. The predicted octanol–water partition coefficient (Wildman–Crippen LogP) is 1.57. The van der Waals surface area contributed by atoms with Crippen molar-refractivity contribution in [2.45, 2.75) is 27.2 Å². The van der Waals surface area contributed by atoms with Gasteiger partial charge in [0.1, 0.15) is 0 Å². The van der Waals surface area contributed by atoms with E-state index in [1.54, 1.807) is 0 Å². The molecule has 74 valence electrons. The number of rotatable bonds is 6. The molecule has 0 aliphatic rings. The van der Waals surface area contributed by atoms with E-state index in [2.05, 4.69) is 45.1 Å². The molecule has 0 fully saturated rings. The summed E-state index contributed by atoms with van der Waals surface area (Å²) in [5.41, 5.74) is 0.388. The third kappa shape index (κ3) is 6.62. The highest BCUT2D eigenvalue weighted by Crippen LogP contribution is 2.13. The van der Waals surface area contributed by atoms with E-state index in [0.717, 1.165) is 19.6 Å². The van der Waals surface area contributed by atoms with Gasteiger partial charge in [-0.25, -0.2) is 0 Å². The fraction of sp³-hybridized carbons (Fsp3) is 1.00. The first-order chi connectivity index (χ1) is 5.48. The predicted molar refractivity (Wildman–Crippen MR) is 55.5 cm³/mol. The van der Waals surface area contributed by atoms with Crippen LogP contribution in [0.1, 0.15) is 27.2 Å². The van der Waals surface area contributed by atoms with Crippen molar-refractivity contribution in [3.63, 3.8) is 0 Å². The van der Waals surface area contributed by atoms with Crippen molar-refractivity contribution in [1.82, 2.24) is 10.2 Å². The van der Waals surface area contributed by atoms with Crippen LogP contribution in [-0.4, -0.2) is 38.6 Å². The molecule has 0 spiro atoms. The molecule has 0 saturated heterocycles. The standard InChI is InChI=1S/C10H24N2/c1-6-7-11-8-10(2,3)9-12(4)5/h11H,6-9H2,1-5H3. The van der Waals surface area contributed by atoms with Crippen LogP contribution in [0, 0.1) is 5.41 Å². The van der Waals surface area contributed by atoms with Gasteiger partial charge in [-0.2, -0.15) is 0 Å². The van der Waals surface area contributed by atoms with Crippen molar-refractivity contribution >= 4 is 0 Å². The minimum atomic E-state index is 0.388. The molecule has 0 amide bonds. The molecule has 0 aromatic heterocycles. The normalized spacial score (nSPS) is 12.5. The first-order valence-electron chi connectivity index (χ1n) is 4.83. The molecule has 0 unspecified atom stereocenters. The summed E-state index contributed by atoms with van der Waals surface area (Å²) >= 11 is 0. The first-order valence-corrected chi connectivity index (χ1v) is 4.83. The van der Waals surface area contributed by atoms with Crippen LogP contribution in [0.5, 0.6) is 0 Å². The summed E-state index contributed by atoms with van der Waals surface area (Å²) < 4.78 is 0. The zero-order chi connectivity index (χ0) is 9.61. The molecule has 0 aliphatic heterocycles. The molecule has 0 saturated carbocycles. The van der Waals surface area contributed by atoms with E-state index >= 15 is 0 Å². The van der Waals surface area contributed by atoms with Gasteiger partial charge in [0.2, 0.25) is 0 Å². The molecule has 0 radical (unpaired) electrons. The highest BCUT2D eigenvalue weighted by atomic mass is 15.1. The first kappa shape index (κ1) is 11.9. The van der Waals surface area contributed by atoms with Crippen LogP contribution in [0.4, 0.5) is 0 Å². The summed E-state index contributed by atoms with van der Waals surface area (Å²) in [4.78, 5) is 2.24. The lowest BCUT2D eigenvalue weighted by Gasteiger charge is -2.28. The summed E-state index contributed by atoms with van der Waals surface area (Å²) in [6, 6.07) is 0. The van der Waals surface area contributed by atoms with E-state index in [0.29, 0.717) is 5.41 Å². The summed E-state index contributed by atoms with van der Waals surface area (Å²) in [7, 11) is 4.25. The highest BCUT2D eigenvalue weighted by Gasteiger charge is 2.17. The van der Waals surface area contributed by atoms with Crippen LogP contribution in [0.3, 0.4) is 0 Å². The summed E-state index contributed by atoms with van der Waals surface area (Å²) in [6.45, 7) is 10.2. The molecular formula is C10H24N2. The molecule has 0 aromatic carbocycles. The zero-order valence-corrected chi connectivity index (χ0v) is 9.28. The van der Waals surface area contributed by atoms with Crippen LogP contribution in [0.25, 0.3) is 0 Å². The van der Waals surface area contributed by atoms with E-state index in [1.165, 1.54) is 6.42 Å². The smallest absolute Gasteiger partial charge is 0.00387 e. The molecule has 0 rings (SSSR count). The van der Waals surface area contributed by atoms with Crippen molar-refractivity contribution in [3.8, 4) is 0 Å². The maximum absolute atomic E-state index is 3.45. The van der Waals surface area contributed by atoms with Gasteiger partial charge in [-0.3, -0.25) is 0 Å². The van der Waals surface area contributed by atoms with Gasteiger partial charge in [-0.05, 0) is 32.5 Å². The van der Waals surface area contributed by atoms with Gasteiger partial charge in [0.15, 0.2) is 0 Å². The average molecular weight is 172 g/mol. The number of nitrogens with one attached hydrogen (secondary N) is 1. The Morgan fingerprint density at radius 1 is 1.25 bits per heavy atom. The fourth-order valence-electron chi connectivity index (χ4n) is 1.52. The molecule has 2 nitrogen and oxygen atoms in total. The van der Waals surface area contributed by atoms with Crippen LogP contribution in [-0.2, 0) is 0 Å². The maximum atomic E-state index is 3.45. The molecule has 0 bridgehead atoms. The van der Waals surface area contributed by atoms with Gasteiger partial charge < -0.3 is 10.2 Å². The fourth-order valence-corrected chi connectivity index (χ4v) is 1.52. The van der Waals surface area contributed by atoms with Crippen molar-refractivity contribution in [2.24, 2.45) is 5.41 Å². The molecule has 0 heterocycles. The molecular weight excluding hydrogens is 148 g/mol. The Morgan fingerprint density at radius 3 is 2.25 bits per heavy atom. The van der Waals surface area contributed by atoms with Gasteiger partial charge in [0, 0.05) is 13.1 Å². The lowest BCUT2D eigenvalue weighted by atomic mass is 9.93. The lowest BCUT2D eigenvalue weighted by Crippen LogP contribution is -2.37. The van der Waals surface area contributed by atoms with Crippen molar-refractivity contribution < 1.29 is 0 Å². The van der Waals surface area contributed by atoms with Crippen LogP contribution < -0.4 is 5.32 Å². The van der Waals surface area contributed by atoms with Gasteiger partial charge in [-0.1, -0.05) is 20.8 Å². The lowest BCUT2D eigenvalue weighted by molar-refractivity contribution is 0.233. The SMILES string of the molecule is CCCNCC(C)(C)CN(C)C. The molecule has 0 aromatic rings. The van der Waals surface area contributed by atoms with Gasteiger partial charge >= 0.3 is 0 Å². The Morgan fingerprint density at radius 2 is 1.83 bits per heavy atom. The minimum Gasteiger partial charge on any atom is -0.316 e. The number of nitrogens with zero attached hydrogens (tertiary/aromatic N) is 1. The van der Waals surface area contributed by atoms with E-state index in [9.17, 15) is 0 Å². The van der Waals surface area contributed by atoms with Gasteiger partial charge in [0.05, 0.1) is 0 Å². The van der Waals surface area contributed by atoms with Gasteiger partial charge in [0.25, 0.3) is 0 Å². The quantitative estimate of drug-likeness (QED) is 0.612. The molecule has 1 N–H and O–H groups in total. The summed E-state index contributed by atoms with van der Waals surface area (Å²) in [5.74, 6) is 0. The van der Waals surface area contributed by atoms with E-state index < -0.39 is 0 Å². The maximum Gasteiger partial charge on any atom is 0.00387 e. The number of hydrogen-bond donors (Lipinski definition) is 1. The van der Waals surface area contributed by atoms with Crippen LogP contribution in [0.15, 0.2) is 0 Å². The second-order valence-corrected chi connectivity index (χ2v) is 4.58. The second kappa shape index (κ2) is 5.55. The minimum absolute atomic E-state index is 0.388. The van der Waals surface area contributed by atoms with Crippen molar-refractivity contribution in [1.29, 1.82) is 0 Å². The summed E-state index contributed by atoms with van der Waals surface area (Å²) in [6.07, 6.45) is 1.22. The topological polar surface area (TPSA) is 15.3 Å². The third-order valence-electron chi connectivity index (χ3n) is 1.77. The van der Waals surface area contributed by atoms with E-state index in [1.807, 2.05) is 0 Å². The zero-order valence-electron chi connectivity index (χ0n) is 9.28. The highest BCUT2D eigenvalue weighted by molar-refractivity contribution is 4.73. The van der Waals surface area contributed by atoms with E-state index in [-0.39, 0.29) is 0 Å². The van der Waals surface area contributed by atoms with Crippen LogP contribution >= 0.6 is 0 Å². The Balaban J connectivity index is 3.56. The summed E-state index contributed by atoms with van der Waals surface area (Å²) in [5, 5.41) is 3.45. The Kier molecular flexibility index (Phi) is 5.51. The van der Waals surface area contributed by atoms with Crippen molar-refractivity contribution in [3.05, 3.63) is 0 Å². The Bertz CT molecular complexity index is 108. The van der Waals surface area contributed by atoms with Crippen LogP contribution in [0.2, 0.25) is 0 Å². The Hall–Kier alpha value is -0.0800. The number of hydrogen-bond acceptors (Lipinski definition) is 2. The van der Waals surface area contributed by atoms with Crippen molar-refractivity contribution in [2.75, 3.05) is 33.7 Å². The molecule has 0 atom stereocenters.